The second kappa shape index (κ2) is 8.65. The number of nitriles is 1. The molecule has 0 aliphatic rings. The van der Waals surface area contributed by atoms with Gasteiger partial charge in [-0.3, -0.25) is 4.79 Å². The van der Waals surface area contributed by atoms with Gasteiger partial charge in [0, 0.05) is 11.9 Å². The summed E-state index contributed by atoms with van der Waals surface area (Å²) in [6, 6.07) is 15.4. The number of halogens is 1. The predicted molar refractivity (Wildman–Crippen MR) is 96.1 cm³/mol. The van der Waals surface area contributed by atoms with Crippen molar-refractivity contribution in [3.05, 3.63) is 77.2 Å². The molecule has 2 aromatic carbocycles. The second-order valence-corrected chi connectivity index (χ2v) is 5.61. The van der Waals surface area contributed by atoms with Crippen LogP contribution in [0.1, 0.15) is 31.0 Å². The lowest BCUT2D eigenvalue weighted by Gasteiger charge is -2.14. The first-order valence-corrected chi connectivity index (χ1v) is 8.05. The van der Waals surface area contributed by atoms with Crippen LogP contribution in [0.25, 0.3) is 0 Å². The first-order chi connectivity index (χ1) is 12.0. The van der Waals surface area contributed by atoms with E-state index in [4.69, 9.17) is 0 Å². The predicted octanol–water partition coefficient (Wildman–Crippen LogP) is 4.08. The Morgan fingerprint density at radius 2 is 2.00 bits per heavy atom. The van der Waals surface area contributed by atoms with E-state index in [9.17, 15) is 14.4 Å². The summed E-state index contributed by atoms with van der Waals surface area (Å²) >= 11 is 0. The zero-order chi connectivity index (χ0) is 18.2. The third-order valence-electron chi connectivity index (χ3n) is 3.81. The molecule has 1 atom stereocenters. The van der Waals surface area contributed by atoms with Crippen LogP contribution in [0.2, 0.25) is 0 Å². The van der Waals surface area contributed by atoms with Crippen LogP contribution in [0, 0.1) is 17.1 Å². The van der Waals surface area contributed by atoms with Gasteiger partial charge < -0.3 is 10.6 Å². The van der Waals surface area contributed by atoms with Crippen molar-refractivity contribution in [2.45, 2.75) is 26.3 Å². The molecule has 25 heavy (non-hydrogen) atoms. The minimum Gasteiger partial charge on any atom is -0.360 e. The molecule has 0 aliphatic carbocycles. The Kier molecular flexibility index (Phi) is 6.30. The Bertz CT molecular complexity index is 806. The minimum atomic E-state index is -0.488. The smallest absolute Gasteiger partial charge is 0.263 e. The lowest BCUT2D eigenvalue weighted by Crippen LogP contribution is -2.28. The van der Waals surface area contributed by atoms with Crippen molar-refractivity contribution in [2.24, 2.45) is 0 Å². The average Bonchev–Trinajstić information content (AvgIpc) is 2.62. The maximum absolute atomic E-state index is 13.1. The first kappa shape index (κ1) is 18.2. The molecule has 0 spiro atoms. The average molecular weight is 337 g/mol. The Hall–Kier alpha value is -3.13. The van der Waals surface area contributed by atoms with Crippen molar-refractivity contribution in [3.8, 4) is 6.07 Å². The fraction of sp³-hybridized carbons (Fsp3) is 0.200. The molecule has 0 saturated heterocycles. The largest absolute Gasteiger partial charge is 0.360 e. The normalized spacial score (nSPS) is 12.2. The fourth-order valence-corrected chi connectivity index (χ4v) is 2.28. The summed E-state index contributed by atoms with van der Waals surface area (Å²) in [6.07, 6.45) is 2.23. The van der Waals surface area contributed by atoms with E-state index in [0.717, 1.165) is 12.0 Å². The molecule has 2 N–H and O–H groups in total. The maximum Gasteiger partial charge on any atom is 0.263 e. The van der Waals surface area contributed by atoms with E-state index in [2.05, 4.69) is 17.6 Å². The van der Waals surface area contributed by atoms with Gasteiger partial charge in [0.15, 0.2) is 0 Å². The van der Waals surface area contributed by atoms with Crippen molar-refractivity contribution < 1.29 is 9.18 Å². The molecule has 1 unspecified atom stereocenters. The number of carbonyl (C=O) groups excluding carboxylic acids is 1. The van der Waals surface area contributed by atoms with E-state index in [0.29, 0.717) is 5.69 Å². The number of rotatable bonds is 6. The molecule has 128 valence electrons. The van der Waals surface area contributed by atoms with Gasteiger partial charge in [0.1, 0.15) is 17.5 Å². The maximum atomic E-state index is 13.1. The summed E-state index contributed by atoms with van der Waals surface area (Å²) < 4.78 is 13.1. The van der Waals surface area contributed by atoms with Crippen molar-refractivity contribution in [1.82, 2.24) is 5.32 Å². The van der Waals surface area contributed by atoms with Crippen LogP contribution in [-0.2, 0) is 11.2 Å². The Morgan fingerprint density at radius 1 is 1.28 bits per heavy atom. The van der Waals surface area contributed by atoms with Crippen LogP contribution in [0.15, 0.2) is 60.3 Å². The molecule has 0 heterocycles. The van der Waals surface area contributed by atoms with Gasteiger partial charge in [0.2, 0.25) is 0 Å². The molecule has 0 aromatic heterocycles. The van der Waals surface area contributed by atoms with Gasteiger partial charge in [-0.1, -0.05) is 37.3 Å². The number of aryl methyl sites for hydroxylation is 1. The van der Waals surface area contributed by atoms with Gasteiger partial charge in [0.25, 0.3) is 5.91 Å². The number of benzene rings is 2. The summed E-state index contributed by atoms with van der Waals surface area (Å²) in [5, 5.41) is 14.7. The highest BCUT2D eigenvalue weighted by atomic mass is 19.1. The Morgan fingerprint density at radius 3 is 2.60 bits per heavy atom. The third-order valence-corrected chi connectivity index (χ3v) is 3.81. The van der Waals surface area contributed by atoms with Crippen molar-refractivity contribution >= 4 is 11.6 Å². The molecule has 0 aliphatic heterocycles. The van der Waals surface area contributed by atoms with Gasteiger partial charge in [-0.2, -0.15) is 5.26 Å². The summed E-state index contributed by atoms with van der Waals surface area (Å²) in [5.74, 6) is -0.885. The van der Waals surface area contributed by atoms with Gasteiger partial charge in [-0.15, -0.1) is 0 Å². The standard InChI is InChI=1S/C20H20FN3O/c1-3-15-7-9-16(10-8-15)14(2)24-20(25)17(12-22)13-23-19-6-4-5-18(21)11-19/h4-11,13-14,23H,3H2,1-2H3,(H,24,25)/b17-13-. The number of amides is 1. The van der Waals surface area contributed by atoms with Crippen LogP contribution in [-0.4, -0.2) is 5.91 Å². The van der Waals surface area contributed by atoms with Crippen molar-refractivity contribution in [2.75, 3.05) is 5.32 Å². The Labute approximate surface area is 147 Å². The number of hydrogen-bond donors (Lipinski definition) is 2. The highest BCUT2D eigenvalue weighted by molar-refractivity contribution is 5.97. The second-order valence-electron chi connectivity index (χ2n) is 5.61. The van der Waals surface area contributed by atoms with Crippen LogP contribution in [0.4, 0.5) is 10.1 Å². The topological polar surface area (TPSA) is 64.9 Å². The zero-order valence-electron chi connectivity index (χ0n) is 14.2. The minimum absolute atomic E-state index is 0.0821. The van der Waals surface area contributed by atoms with Crippen molar-refractivity contribution in [1.29, 1.82) is 5.26 Å². The van der Waals surface area contributed by atoms with Gasteiger partial charge in [0.05, 0.1) is 6.04 Å². The van der Waals surface area contributed by atoms with Crippen LogP contribution >= 0.6 is 0 Å². The van der Waals surface area contributed by atoms with E-state index in [1.54, 1.807) is 12.1 Å². The van der Waals surface area contributed by atoms with E-state index in [1.807, 2.05) is 37.3 Å². The highest BCUT2D eigenvalue weighted by Gasteiger charge is 2.13. The lowest BCUT2D eigenvalue weighted by molar-refractivity contribution is -0.117. The molecular weight excluding hydrogens is 317 g/mol. The van der Waals surface area contributed by atoms with E-state index < -0.39 is 11.7 Å². The van der Waals surface area contributed by atoms with E-state index >= 15 is 0 Å². The summed E-state index contributed by atoms with van der Waals surface area (Å²) in [7, 11) is 0. The molecule has 4 nitrogen and oxygen atoms in total. The molecular formula is C20H20FN3O. The summed E-state index contributed by atoms with van der Waals surface area (Å²) in [4.78, 5) is 12.3. The number of nitrogens with zero attached hydrogens (tertiary/aromatic N) is 1. The van der Waals surface area contributed by atoms with E-state index in [-0.39, 0.29) is 11.6 Å². The molecule has 0 saturated carbocycles. The van der Waals surface area contributed by atoms with Crippen molar-refractivity contribution in [3.63, 3.8) is 0 Å². The fourth-order valence-electron chi connectivity index (χ4n) is 2.28. The number of carbonyl (C=O) groups is 1. The van der Waals surface area contributed by atoms with Crippen LogP contribution in [0.5, 0.6) is 0 Å². The van der Waals surface area contributed by atoms with E-state index in [1.165, 1.54) is 23.9 Å². The van der Waals surface area contributed by atoms with Gasteiger partial charge >= 0.3 is 0 Å². The molecule has 0 fully saturated rings. The summed E-state index contributed by atoms with van der Waals surface area (Å²) in [5.41, 5.74) is 2.56. The summed E-state index contributed by atoms with van der Waals surface area (Å²) in [6.45, 7) is 3.93. The quantitative estimate of drug-likeness (QED) is 0.616. The van der Waals surface area contributed by atoms with Crippen LogP contribution in [0.3, 0.4) is 0 Å². The first-order valence-electron chi connectivity index (χ1n) is 8.05. The number of nitrogens with one attached hydrogen (secondary N) is 2. The van der Waals surface area contributed by atoms with Gasteiger partial charge in [-0.05, 0) is 42.7 Å². The van der Waals surface area contributed by atoms with Crippen LogP contribution < -0.4 is 10.6 Å². The monoisotopic (exact) mass is 337 g/mol. The zero-order valence-corrected chi connectivity index (χ0v) is 14.2. The number of anilines is 1. The lowest BCUT2D eigenvalue weighted by atomic mass is 10.0. The molecule has 5 heteroatoms. The number of hydrogen-bond acceptors (Lipinski definition) is 3. The molecule has 0 bridgehead atoms. The molecule has 2 rings (SSSR count). The van der Waals surface area contributed by atoms with Gasteiger partial charge in [-0.25, -0.2) is 4.39 Å². The Balaban J connectivity index is 2.03. The third kappa shape index (κ3) is 5.18. The SMILES string of the molecule is CCc1ccc(C(C)NC(=O)/C(C#N)=C\Nc2cccc(F)c2)cc1. The molecule has 0 radical (unpaired) electrons. The molecule has 2 aromatic rings. The highest BCUT2D eigenvalue weighted by Crippen LogP contribution is 2.15. The molecule has 1 amide bonds.